The van der Waals surface area contributed by atoms with Crippen LogP contribution in [-0.2, 0) is 12.7 Å². The SMILES string of the molecule is Cc1cc2c(C)c(C(=O)N(Cc3ccc(C(F)(F)F)cn3)[C@H](C)c3ncccn3)ccc2nc1N. The Hall–Kier alpha value is -4.08. The van der Waals surface area contributed by atoms with Gasteiger partial charge in [0.2, 0.25) is 0 Å². The molecule has 3 aromatic heterocycles. The number of hydrogen-bond donors (Lipinski definition) is 1. The second kappa shape index (κ2) is 9.28. The van der Waals surface area contributed by atoms with Gasteiger partial charge in [-0.25, -0.2) is 15.0 Å². The highest BCUT2D eigenvalue weighted by molar-refractivity contribution is 6.01. The fourth-order valence-electron chi connectivity index (χ4n) is 3.80. The Morgan fingerprint density at radius 1 is 1.09 bits per heavy atom. The number of anilines is 1. The van der Waals surface area contributed by atoms with Crippen LogP contribution in [0.5, 0.6) is 0 Å². The van der Waals surface area contributed by atoms with Crippen molar-refractivity contribution in [2.45, 2.75) is 39.5 Å². The molecule has 1 amide bonds. The Morgan fingerprint density at radius 2 is 1.80 bits per heavy atom. The van der Waals surface area contributed by atoms with E-state index < -0.39 is 17.8 Å². The molecule has 0 bridgehead atoms. The Morgan fingerprint density at radius 3 is 2.43 bits per heavy atom. The van der Waals surface area contributed by atoms with Crippen LogP contribution in [0.25, 0.3) is 10.9 Å². The van der Waals surface area contributed by atoms with E-state index in [1.54, 1.807) is 37.5 Å². The van der Waals surface area contributed by atoms with Gasteiger partial charge in [0.05, 0.1) is 29.4 Å². The summed E-state index contributed by atoms with van der Waals surface area (Å²) in [6, 6.07) is 8.59. The minimum Gasteiger partial charge on any atom is -0.383 e. The number of nitrogen functional groups attached to an aromatic ring is 1. The molecular weight excluding hydrogens is 457 g/mol. The number of benzene rings is 1. The number of nitrogens with two attached hydrogens (primary N) is 1. The van der Waals surface area contributed by atoms with Crippen LogP contribution in [0.15, 0.2) is 55.0 Å². The van der Waals surface area contributed by atoms with Crippen molar-refractivity contribution >= 4 is 22.6 Å². The third kappa shape index (κ3) is 4.91. The molecule has 0 spiro atoms. The second-order valence-electron chi connectivity index (χ2n) is 8.25. The maximum Gasteiger partial charge on any atom is 0.417 e. The Labute approximate surface area is 199 Å². The quantitative estimate of drug-likeness (QED) is 0.430. The lowest BCUT2D eigenvalue weighted by Crippen LogP contribution is -2.34. The molecule has 10 heteroatoms. The molecule has 0 aliphatic heterocycles. The van der Waals surface area contributed by atoms with Crippen LogP contribution in [0.3, 0.4) is 0 Å². The van der Waals surface area contributed by atoms with Gasteiger partial charge in [-0.1, -0.05) is 0 Å². The van der Waals surface area contributed by atoms with Crippen molar-refractivity contribution in [3.05, 3.63) is 88.8 Å². The zero-order valence-electron chi connectivity index (χ0n) is 19.3. The number of alkyl halides is 3. The van der Waals surface area contributed by atoms with Gasteiger partial charge >= 0.3 is 6.18 Å². The van der Waals surface area contributed by atoms with Crippen LogP contribution in [0.2, 0.25) is 0 Å². The average molecular weight is 480 g/mol. The van der Waals surface area contributed by atoms with Crippen molar-refractivity contribution in [2.75, 3.05) is 5.73 Å². The van der Waals surface area contributed by atoms with Crippen LogP contribution >= 0.6 is 0 Å². The number of amides is 1. The van der Waals surface area contributed by atoms with Gasteiger partial charge in [0.25, 0.3) is 5.91 Å². The third-order valence-corrected chi connectivity index (χ3v) is 5.90. The predicted molar refractivity (Wildman–Crippen MR) is 125 cm³/mol. The third-order valence-electron chi connectivity index (χ3n) is 5.90. The largest absolute Gasteiger partial charge is 0.417 e. The van der Waals surface area contributed by atoms with Gasteiger partial charge in [-0.3, -0.25) is 9.78 Å². The highest BCUT2D eigenvalue weighted by atomic mass is 19.4. The van der Waals surface area contributed by atoms with Gasteiger partial charge in [-0.05, 0) is 68.3 Å². The molecule has 7 nitrogen and oxygen atoms in total. The van der Waals surface area contributed by atoms with Crippen molar-refractivity contribution in [1.82, 2.24) is 24.8 Å². The summed E-state index contributed by atoms with van der Waals surface area (Å²) in [7, 11) is 0. The molecule has 4 rings (SSSR count). The van der Waals surface area contributed by atoms with Gasteiger partial charge in [-0.2, -0.15) is 13.2 Å². The van der Waals surface area contributed by atoms with E-state index in [2.05, 4.69) is 19.9 Å². The maximum absolute atomic E-state index is 13.8. The zero-order chi connectivity index (χ0) is 25.3. The van der Waals surface area contributed by atoms with E-state index in [-0.39, 0.29) is 12.5 Å². The van der Waals surface area contributed by atoms with Crippen LogP contribution in [0, 0.1) is 13.8 Å². The number of hydrogen-bond acceptors (Lipinski definition) is 6. The summed E-state index contributed by atoms with van der Waals surface area (Å²) in [5.41, 5.74) is 7.98. The molecule has 1 aromatic carbocycles. The van der Waals surface area contributed by atoms with E-state index in [0.29, 0.717) is 28.4 Å². The first-order valence-electron chi connectivity index (χ1n) is 10.8. The zero-order valence-corrected chi connectivity index (χ0v) is 19.3. The summed E-state index contributed by atoms with van der Waals surface area (Å²) in [4.78, 5) is 32.2. The van der Waals surface area contributed by atoms with Gasteiger partial charge in [0.15, 0.2) is 0 Å². The van der Waals surface area contributed by atoms with E-state index >= 15 is 0 Å². The Balaban J connectivity index is 1.75. The van der Waals surface area contributed by atoms with Crippen molar-refractivity contribution in [1.29, 1.82) is 0 Å². The first kappa shape index (κ1) is 24.1. The number of rotatable bonds is 5. The van der Waals surface area contributed by atoms with Crippen molar-refractivity contribution in [3.63, 3.8) is 0 Å². The van der Waals surface area contributed by atoms with E-state index in [1.165, 1.54) is 11.0 Å². The minimum absolute atomic E-state index is 0.0348. The fraction of sp³-hybridized carbons (Fsp3) is 0.240. The van der Waals surface area contributed by atoms with E-state index in [1.807, 2.05) is 19.9 Å². The Kier molecular flexibility index (Phi) is 6.38. The number of pyridine rings is 2. The smallest absolute Gasteiger partial charge is 0.383 e. The number of nitrogens with zero attached hydrogens (tertiary/aromatic N) is 5. The van der Waals surface area contributed by atoms with Crippen LogP contribution in [0.4, 0.5) is 19.0 Å². The van der Waals surface area contributed by atoms with Crippen LogP contribution in [-0.4, -0.2) is 30.7 Å². The summed E-state index contributed by atoms with van der Waals surface area (Å²) in [5.74, 6) is 0.484. The molecule has 0 aliphatic rings. The molecule has 35 heavy (non-hydrogen) atoms. The highest BCUT2D eigenvalue weighted by Crippen LogP contribution is 2.30. The average Bonchev–Trinajstić information content (AvgIpc) is 2.83. The lowest BCUT2D eigenvalue weighted by Gasteiger charge is -2.29. The molecule has 0 fully saturated rings. The van der Waals surface area contributed by atoms with Crippen molar-refractivity contribution in [2.24, 2.45) is 0 Å². The van der Waals surface area contributed by atoms with E-state index in [9.17, 15) is 18.0 Å². The van der Waals surface area contributed by atoms with E-state index in [0.717, 1.165) is 28.8 Å². The number of aryl methyl sites for hydroxylation is 2. The molecule has 0 saturated heterocycles. The fourth-order valence-corrected chi connectivity index (χ4v) is 3.80. The number of halogens is 3. The molecular formula is C25H23F3N6O. The molecule has 4 aromatic rings. The molecule has 2 N–H and O–H groups in total. The monoisotopic (exact) mass is 480 g/mol. The molecule has 180 valence electrons. The summed E-state index contributed by atoms with van der Waals surface area (Å²) in [6.07, 6.45) is -0.595. The number of carbonyl (C=O) groups is 1. The Bertz CT molecular complexity index is 1370. The molecule has 0 saturated carbocycles. The maximum atomic E-state index is 13.8. The lowest BCUT2D eigenvalue weighted by molar-refractivity contribution is -0.137. The lowest BCUT2D eigenvalue weighted by atomic mass is 10.00. The highest BCUT2D eigenvalue weighted by Gasteiger charge is 2.31. The summed E-state index contributed by atoms with van der Waals surface area (Å²) in [6.45, 7) is 5.39. The topological polar surface area (TPSA) is 97.9 Å². The van der Waals surface area contributed by atoms with Crippen molar-refractivity contribution in [3.8, 4) is 0 Å². The summed E-state index contributed by atoms with van der Waals surface area (Å²) < 4.78 is 38.9. The standard InChI is InChI=1S/C25H23F3N6O/c1-14-11-20-15(2)19(7-8-21(20)33-22(14)29)24(35)34(16(3)23-30-9-4-10-31-23)13-18-6-5-17(12-32-18)25(26,27)28/h4-12,16H,13H2,1-3H3,(H2,29,33)/t16-/m1/s1. The van der Waals surface area contributed by atoms with Gasteiger partial charge < -0.3 is 10.6 Å². The molecule has 0 radical (unpaired) electrons. The predicted octanol–water partition coefficient (Wildman–Crippen LogP) is 5.04. The van der Waals surface area contributed by atoms with E-state index in [4.69, 9.17) is 5.73 Å². The number of aromatic nitrogens is 4. The van der Waals surface area contributed by atoms with Crippen molar-refractivity contribution < 1.29 is 18.0 Å². The molecule has 0 aliphatic carbocycles. The molecule has 0 unspecified atom stereocenters. The first-order chi connectivity index (χ1) is 16.6. The molecule has 3 heterocycles. The van der Waals surface area contributed by atoms with Gasteiger partial charge in [0.1, 0.15) is 11.6 Å². The van der Waals surface area contributed by atoms with Crippen LogP contribution in [0.1, 0.15) is 51.5 Å². The molecule has 1 atom stereocenters. The second-order valence-corrected chi connectivity index (χ2v) is 8.25. The normalized spacial score (nSPS) is 12.5. The number of carbonyl (C=O) groups excluding carboxylic acids is 1. The van der Waals surface area contributed by atoms with Gasteiger partial charge in [-0.15, -0.1) is 0 Å². The summed E-state index contributed by atoms with van der Waals surface area (Å²) in [5, 5.41) is 0.791. The number of fused-ring (bicyclic) bond motifs is 1. The van der Waals surface area contributed by atoms with Crippen LogP contribution < -0.4 is 5.73 Å². The first-order valence-corrected chi connectivity index (χ1v) is 10.8. The van der Waals surface area contributed by atoms with Gasteiger partial charge in [0, 0.05) is 29.5 Å². The summed E-state index contributed by atoms with van der Waals surface area (Å²) >= 11 is 0. The minimum atomic E-state index is -4.50.